The molecule has 0 aliphatic carbocycles. The Morgan fingerprint density at radius 3 is 2.67 bits per heavy atom. The maximum atomic E-state index is 11.4. The smallest absolute Gasteiger partial charge is 0.265 e. The number of carbonyl (C=O) groups excluding carboxylic acids is 1. The fourth-order valence-electron chi connectivity index (χ4n) is 0.863. The molecule has 3 nitrogen and oxygen atoms in total. The lowest BCUT2D eigenvalue weighted by atomic mass is 9.83. The lowest BCUT2D eigenvalue weighted by Gasteiger charge is -2.02. The summed E-state index contributed by atoms with van der Waals surface area (Å²) in [5, 5.41) is 2.76. The van der Waals surface area contributed by atoms with E-state index in [-0.39, 0.29) is 5.91 Å². The highest BCUT2D eigenvalue weighted by Crippen LogP contribution is 1.89. The molecule has 0 saturated heterocycles. The van der Waals surface area contributed by atoms with E-state index in [1.165, 1.54) is 6.20 Å². The van der Waals surface area contributed by atoms with Crippen LogP contribution in [0.25, 0.3) is 0 Å². The van der Waals surface area contributed by atoms with Gasteiger partial charge in [-0.3, -0.25) is 9.79 Å². The van der Waals surface area contributed by atoms with Gasteiger partial charge in [-0.15, -0.1) is 0 Å². The average molecular weight is 204 g/mol. The minimum atomic E-state index is -0.164. The molecular weight excluding hydrogens is 187 g/mol. The first-order chi connectivity index (χ1) is 7.11. The lowest BCUT2D eigenvalue weighted by molar-refractivity contribution is -0.113. The van der Waals surface area contributed by atoms with Crippen LogP contribution in [-0.2, 0) is 4.79 Å². The fraction of sp³-hybridized carbons (Fsp3) is 0.273. The normalized spacial score (nSPS) is 12.7. The highest BCUT2D eigenvalue weighted by atomic mass is 16.1. The molecule has 0 aromatic heterocycles. The zero-order valence-electron chi connectivity index (χ0n) is 9.58. The van der Waals surface area contributed by atoms with E-state index in [2.05, 4.69) is 16.8 Å². The summed E-state index contributed by atoms with van der Waals surface area (Å²) < 4.78 is 0. The van der Waals surface area contributed by atoms with E-state index in [4.69, 9.17) is 0 Å². The van der Waals surface area contributed by atoms with E-state index in [0.717, 1.165) is 5.47 Å². The predicted octanol–water partition coefficient (Wildman–Crippen LogP) is 1.54. The van der Waals surface area contributed by atoms with Crippen molar-refractivity contribution in [3.05, 3.63) is 36.5 Å². The number of carbonyl (C=O) groups is 1. The van der Waals surface area contributed by atoms with Crippen LogP contribution in [0.2, 0.25) is 0 Å². The van der Waals surface area contributed by atoms with Gasteiger partial charge in [0.15, 0.2) is 0 Å². The van der Waals surface area contributed by atoms with Gasteiger partial charge in [0.25, 0.3) is 13.3 Å². The van der Waals surface area contributed by atoms with Crippen LogP contribution in [0.5, 0.6) is 0 Å². The van der Waals surface area contributed by atoms with Gasteiger partial charge in [-0.05, 0) is 13.8 Å². The quantitative estimate of drug-likeness (QED) is 0.412. The third-order valence-electron chi connectivity index (χ3n) is 1.71. The zero-order chi connectivity index (χ0) is 11.7. The Morgan fingerprint density at radius 1 is 1.47 bits per heavy atom. The van der Waals surface area contributed by atoms with Crippen LogP contribution in [-0.4, -0.2) is 19.0 Å². The number of nitrogens with zero attached hydrogens (tertiary/aromatic N) is 1. The molecule has 0 aromatic rings. The van der Waals surface area contributed by atoms with Gasteiger partial charge in [0.1, 0.15) is 5.71 Å². The SMILES string of the molecule is C=C/N=C(\C)C(=O)NB/C(C)=C/C=C/C. The lowest BCUT2D eigenvalue weighted by Crippen LogP contribution is -2.33. The molecular formula is C11H17BN2O. The number of amides is 1. The van der Waals surface area contributed by atoms with Gasteiger partial charge < -0.3 is 5.23 Å². The Balaban J connectivity index is 4.11. The summed E-state index contributed by atoms with van der Waals surface area (Å²) in [6, 6.07) is 0. The Labute approximate surface area is 91.9 Å². The summed E-state index contributed by atoms with van der Waals surface area (Å²) in [5.41, 5.74) is 1.51. The van der Waals surface area contributed by atoms with Crippen molar-refractivity contribution in [3.63, 3.8) is 0 Å². The van der Waals surface area contributed by atoms with Crippen molar-refractivity contribution >= 4 is 19.0 Å². The Kier molecular flexibility index (Phi) is 6.98. The van der Waals surface area contributed by atoms with Crippen LogP contribution < -0.4 is 5.23 Å². The average Bonchev–Trinajstić information content (AvgIpc) is 2.23. The summed E-state index contributed by atoms with van der Waals surface area (Å²) in [7, 11) is 0.535. The van der Waals surface area contributed by atoms with Crippen LogP contribution in [0, 0.1) is 0 Å². The molecule has 0 heterocycles. The monoisotopic (exact) mass is 204 g/mol. The van der Waals surface area contributed by atoms with Gasteiger partial charge in [-0.1, -0.05) is 37.2 Å². The van der Waals surface area contributed by atoms with Crippen molar-refractivity contribution in [2.24, 2.45) is 4.99 Å². The predicted molar refractivity (Wildman–Crippen MR) is 67.2 cm³/mol. The second-order valence-corrected chi connectivity index (χ2v) is 3.12. The molecule has 4 heteroatoms. The molecule has 0 saturated carbocycles. The Bertz CT molecular complexity index is 317. The second kappa shape index (κ2) is 7.79. The molecule has 0 fully saturated rings. The molecule has 0 atom stereocenters. The third kappa shape index (κ3) is 6.49. The molecule has 0 unspecified atom stereocenters. The van der Waals surface area contributed by atoms with E-state index in [1.54, 1.807) is 6.92 Å². The molecule has 0 aliphatic heterocycles. The van der Waals surface area contributed by atoms with E-state index >= 15 is 0 Å². The highest BCUT2D eigenvalue weighted by molar-refractivity contribution is 6.53. The Morgan fingerprint density at radius 2 is 2.13 bits per heavy atom. The van der Waals surface area contributed by atoms with Crippen LogP contribution in [0.4, 0.5) is 0 Å². The van der Waals surface area contributed by atoms with Gasteiger partial charge in [0.2, 0.25) is 0 Å². The van der Waals surface area contributed by atoms with E-state index in [0.29, 0.717) is 13.1 Å². The number of nitrogens with one attached hydrogen (secondary N) is 1. The molecule has 0 aliphatic rings. The number of rotatable bonds is 5. The van der Waals surface area contributed by atoms with Crippen LogP contribution in [0.3, 0.4) is 0 Å². The third-order valence-corrected chi connectivity index (χ3v) is 1.71. The molecule has 0 aromatic carbocycles. The fourth-order valence-corrected chi connectivity index (χ4v) is 0.863. The van der Waals surface area contributed by atoms with Crippen molar-refractivity contribution in [2.75, 3.05) is 0 Å². The van der Waals surface area contributed by atoms with E-state index in [1.807, 2.05) is 32.1 Å². The van der Waals surface area contributed by atoms with Gasteiger partial charge in [-0.25, -0.2) is 0 Å². The maximum Gasteiger partial charge on any atom is 0.265 e. The summed E-state index contributed by atoms with van der Waals surface area (Å²) in [5.74, 6) is -0.164. The van der Waals surface area contributed by atoms with Crippen molar-refractivity contribution in [1.29, 1.82) is 0 Å². The number of hydrogen-bond donors (Lipinski definition) is 1. The van der Waals surface area contributed by atoms with Gasteiger partial charge in [0.05, 0.1) is 0 Å². The molecule has 0 radical (unpaired) electrons. The van der Waals surface area contributed by atoms with Gasteiger partial charge >= 0.3 is 0 Å². The molecule has 15 heavy (non-hydrogen) atoms. The van der Waals surface area contributed by atoms with Crippen LogP contribution >= 0.6 is 0 Å². The minimum absolute atomic E-state index is 0.164. The van der Waals surface area contributed by atoms with Crippen LogP contribution in [0.1, 0.15) is 20.8 Å². The summed E-state index contributed by atoms with van der Waals surface area (Å²) >= 11 is 0. The summed E-state index contributed by atoms with van der Waals surface area (Å²) in [6.45, 7) is 8.99. The van der Waals surface area contributed by atoms with Gasteiger partial charge in [-0.2, -0.15) is 0 Å². The topological polar surface area (TPSA) is 41.5 Å². The van der Waals surface area contributed by atoms with Gasteiger partial charge in [0, 0.05) is 6.20 Å². The van der Waals surface area contributed by atoms with Crippen molar-refractivity contribution in [2.45, 2.75) is 20.8 Å². The molecule has 0 bridgehead atoms. The van der Waals surface area contributed by atoms with E-state index < -0.39 is 0 Å². The maximum absolute atomic E-state index is 11.4. The molecule has 0 spiro atoms. The second-order valence-electron chi connectivity index (χ2n) is 3.12. The highest BCUT2D eigenvalue weighted by Gasteiger charge is 2.04. The molecule has 1 amide bonds. The van der Waals surface area contributed by atoms with Crippen molar-refractivity contribution < 1.29 is 4.79 Å². The molecule has 80 valence electrons. The first kappa shape index (κ1) is 13.4. The molecule has 1 N–H and O–H groups in total. The summed E-state index contributed by atoms with van der Waals surface area (Å²) in [6.07, 6.45) is 7.19. The first-order valence-electron chi connectivity index (χ1n) is 4.83. The zero-order valence-corrected chi connectivity index (χ0v) is 9.58. The van der Waals surface area contributed by atoms with E-state index in [9.17, 15) is 4.79 Å². The minimum Gasteiger partial charge on any atom is -0.393 e. The largest absolute Gasteiger partial charge is 0.393 e. The Hall–Kier alpha value is -1.58. The summed E-state index contributed by atoms with van der Waals surface area (Å²) in [4.78, 5) is 15.2. The number of hydrogen-bond acceptors (Lipinski definition) is 2. The van der Waals surface area contributed by atoms with Crippen molar-refractivity contribution in [1.82, 2.24) is 5.23 Å². The van der Waals surface area contributed by atoms with Crippen LogP contribution in [0.15, 0.2) is 41.5 Å². The number of allylic oxidation sites excluding steroid dienone is 4. The standard InChI is InChI=1S/C11H17BN2O/c1-5-7-8-9(3)12-14-11(15)10(4)13-6-2/h5-8,12H,2H2,1,3-4H3,(H,14,15)/b7-5+,9-8+,13-10+. The first-order valence-corrected chi connectivity index (χ1v) is 4.83. The molecule has 0 rings (SSSR count). The van der Waals surface area contributed by atoms with Crippen molar-refractivity contribution in [3.8, 4) is 0 Å². The number of aliphatic imine (C=N–C) groups is 1.